The van der Waals surface area contributed by atoms with E-state index in [9.17, 15) is 4.79 Å². The minimum absolute atomic E-state index is 0.242. The van der Waals surface area contributed by atoms with Gasteiger partial charge in [-0.1, -0.05) is 37.3 Å². The topological polar surface area (TPSA) is 49.8 Å². The molecule has 0 spiro atoms. The third kappa shape index (κ3) is 4.63. The molecule has 0 aliphatic carbocycles. The predicted molar refractivity (Wildman–Crippen MR) is 82.0 cm³/mol. The summed E-state index contributed by atoms with van der Waals surface area (Å²) in [6.45, 7) is 4.51. The molecule has 4 heteroatoms. The molecular formula is C17H25NO3. The number of aldehydes is 1. The Balaban J connectivity index is 1.81. The standard InChI is InChI=1S/C17H25NO3/c1-14(16-5-3-2-4-6-16)13-21-17(12-20)18-9-7-15(11-19)8-10-18/h2-6,12,14-15,17,19H,7-11,13H2,1H3/t14-,17?/m1/s1. The number of piperidine rings is 1. The third-order valence-corrected chi connectivity index (χ3v) is 4.27. The van der Waals surface area contributed by atoms with Crippen LogP contribution in [0.1, 0.15) is 31.2 Å². The van der Waals surface area contributed by atoms with E-state index in [0.29, 0.717) is 12.5 Å². The lowest BCUT2D eigenvalue weighted by atomic mass is 9.98. The smallest absolute Gasteiger partial charge is 0.167 e. The first-order valence-electron chi connectivity index (χ1n) is 7.71. The van der Waals surface area contributed by atoms with Crippen LogP contribution in [0.5, 0.6) is 0 Å². The number of aliphatic hydroxyl groups is 1. The molecule has 4 nitrogen and oxygen atoms in total. The van der Waals surface area contributed by atoms with E-state index >= 15 is 0 Å². The van der Waals surface area contributed by atoms with Crippen molar-refractivity contribution in [1.29, 1.82) is 0 Å². The van der Waals surface area contributed by atoms with Crippen molar-refractivity contribution in [3.05, 3.63) is 35.9 Å². The summed E-state index contributed by atoms with van der Waals surface area (Å²) < 4.78 is 5.81. The zero-order valence-electron chi connectivity index (χ0n) is 12.6. The maximum Gasteiger partial charge on any atom is 0.167 e. The van der Waals surface area contributed by atoms with Gasteiger partial charge in [-0.3, -0.25) is 9.69 Å². The summed E-state index contributed by atoms with van der Waals surface area (Å²) in [5, 5.41) is 9.16. The number of nitrogens with zero attached hydrogens (tertiary/aromatic N) is 1. The van der Waals surface area contributed by atoms with Gasteiger partial charge in [0.1, 0.15) is 0 Å². The molecule has 2 atom stereocenters. The molecule has 1 N–H and O–H groups in total. The second-order valence-corrected chi connectivity index (χ2v) is 5.83. The number of carbonyl (C=O) groups excluding carboxylic acids is 1. The number of carbonyl (C=O) groups is 1. The number of aliphatic hydroxyl groups excluding tert-OH is 1. The number of ether oxygens (including phenoxy) is 1. The van der Waals surface area contributed by atoms with Crippen LogP contribution in [0.15, 0.2) is 30.3 Å². The van der Waals surface area contributed by atoms with E-state index in [2.05, 4.69) is 24.0 Å². The SMILES string of the molecule is C[C@H](COC(C=O)N1CCC(CO)CC1)c1ccccc1. The lowest BCUT2D eigenvalue weighted by Gasteiger charge is -2.34. The van der Waals surface area contributed by atoms with Gasteiger partial charge in [-0.05, 0) is 24.3 Å². The lowest BCUT2D eigenvalue weighted by Crippen LogP contribution is -2.44. The molecule has 116 valence electrons. The molecule has 0 saturated carbocycles. The third-order valence-electron chi connectivity index (χ3n) is 4.27. The number of rotatable bonds is 7. The van der Waals surface area contributed by atoms with Crippen molar-refractivity contribution in [3.8, 4) is 0 Å². The molecule has 1 saturated heterocycles. The highest BCUT2D eigenvalue weighted by Crippen LogP contribution is 2.20. The molecule has 1 aliphatic rings. The largest absolute Gasteiger partial charge is 0.396 e. The summed E-state index contributed by atoms with van der Waals surface area (Å²) in [5.74, 6) is 0.639. The summed E-state index contributed by atoms with van der Waals surface area (Å²) in [7, 11) is 0. The maximum absolute atomic E-state index is 11.3. The van der Waals surface area contributed by atoms with E-state index in [4.69, 9.17) is 9.84 Å². The van der Waals surface area contributed by atoms with E-state index < -0.39 is 6.23 Å². The van der Waals surface area contributed by atoms with Crippen molar-refractivity contribution in [2.75, 3.05) is 26.3 Å². The van der Waals surface area contributed by atoms with Crippen LogP contribution in [0, 0.1) is 5.92 Å². The molecule has 0 amide bonds. The molecule has 0 aromatic heterocycles. The molecule has 1 fully saturated rings. The van der Waals surface area contributed by atoms with Crippen LogP contribution in [0.2, 0.25) is 0 Å². The minimum atomic E-state index is -0.462. The van der Waals surface area contributed by atoms with Gasteiger partial charge in [0.05, 0.1) is 6.61 Å². The Morgan fingerprint density at radius 2 is 2.00 bits per heavy atom. The molecule has 21 heavy (non-hydrogen) atoms. The number of likely N-dealkylation sites (tertiary alicyclic amines) is 1. The average Bonchev–Trinajstić information content (AvgIpc) is 2.56. The van der Waals surface area contributed by atoms with Gasteiger partial charge in [0, 0.05) is 25.6 Å². The Morgan fingerprint density at radius 3 is 2.57 bits per heavy atom. The van der Waals surface area contributed by atoms with Gasteiger partial charge in [0.2, 0.25) is 0 Å². The van der Waals surface area contributed by atoms with Crippen LogP contribution in [-0.2, 0) is 9.53 Å². The van der Waals surface area contributed by atoms with Crippen LogP contribution >= 0.6 is 0 Å². The Kier molecular flexibility index (Phi) is 6.36. The Morgan fingerprint density at radius 1 is 1.33 bits per heavy atom. The second-order valence-electron chi connectivity index (χ2n) is 5.83. The van der Waals surface area contributed by atoms with E-state index in [1.165, 1.54) is 5.56 Å². The van der Waals surface area contributed by atoms with Crippen LogP contribution in [0.25, 0.3) is 0 Å². The van der Waals surface area contributed by atoms with E-state index in [0.717, 1.165) is 32.2 Å². The molecule has 0 radical (unpaired) electrons. The highest BCUT2D eigenvalue weighted by molar-refractivity contribution is 5.55. The van der Waals surface area contributed by atoms with Crippen molar-refractivity contribution in [2.24, 2.45) is 5.92 Å². The summed E-state index contributed by atoms with van der Waals surface area (Å²) in [5.41, 5.74) is 1.22. The Bertz CT molecular complexity index is 415. The first-order chi connectivity index (χ1) is 10.2. The predicted octanol–water partition coefficient (Wildman–Crippen LogP) is 2.04. The fourth-order valence-corrected chi connectivity index (χ4v) is 2.74. The van der Waals surface area contributed by atoms with Gasteiger partial charge in [-0.25, -0.2) is 0 Å². The van der Waals surface area contributed by atoms with E-state index in [1.54, 1.807) is 0 Å². The minimum Gasteiger partial charge on any atom is -0.396 e. The number of hydrogen-bond donors (Lipinski definition) is 1. The molecule has 0 bridgehead atoms. The molecule has 1 aliphatic heterocycles. The van der Waals surface area contributed by atoms with Crippen LogP contribution in [0.3, 0.4) is 0 Å². The first kappa shape index (κ1) is 16.1. The Hall–Kier alpha value is -1.23. The zero-order chi connectivity index (χ0) is 15.1. The molecular weight excluding hydrogens is 266 g/mol. The summed E-state index contributed by atoms with van der Waals surface area (Å²) >= 11 is 0. The number of hydrogen-bond acceptors (Lipinski definition) is 4. The van der Waals surface area contributed by atoms with Crippen LogP contribution in [-0.4, -0.2) is 48.8 Å². The van der Waals surface area contributed by atoms with Crippen molar-refractivity contribution in [1.82, 2.24) is 4.90 Å². The fraction of sp³-hybridized carbons (Fsp3) is 0.588. The van der Waals surface area contributed by atoms with Gasteiger partial charge in [-0.15, -0.1) is 0 Å². The van der Waals surface area contributed by atoms with Gasteiger partial charge >= 0.3 is 0 Å². The van der Waals surface area contributed by atoms with Crippen molar-refractivity contribution < 1.29 is 14.6 Å². The van der Waals surface area contributed by atoms with Gasteiger partial charge in [0.15, 0.2) is 12.5 Å². The van der Waals surface area contributed by atoms with Crippen molar-refractivity contribution in [2.45, 2.75) is 31.9 Å². The normalized spacial score (nSPS) is 20.1. The summed E-state index contributed by atoms with van der Waals surface area (Å²) in [6, 6.07) is 10.2. The first-order valence-corrected chi connectivity index (χ1v) is 7.71. The highest BCUT2D eigenvalue weighted by atomic mass is 16.5. The van der Waals surface area contributed by atoms with Gasteiger partial charge < -0.3 is 9.84 Å². The maximum atomic E-state index is 11.3. The quantitative estimate of drug-likeness (QED) is 0.781. The summed E-state index contributed by atoms with van der Waals surface area (Å²) in [4.78, 5) is 13.4. The van der Waals surface area contributed by atoms with E-state index in [-0.39, 0.29) is 12.5 Å². The van der Waals surface area contributed by atoms with Crippen LogP contribution < -0.4 is 0 Å². The Labute approximate surface area is 126 Å². The average molecular weight is 291 g/mol. The molecule has 2 rings (SSSR count). The lowest BCUT2D eigenvalue weighted by molar-refractivity contribution is -0.134. The van der Waals surface area contributed by atoms with Gasteiger partial charge in [-0.2, -0.15) is 0 Å². The summed E-state index contributed by atoms with van der Waals surface area (Å²) in [6.07, 6.45) is 2.28. The molecule has 1 heterocycles. The molecule has 1 aromatic rings. The second kappa shape index (κ2) is 8.27. The monoisotopic (exact) mass is 291 g/mol. The van der Waals surface area contributed by atoms with Gasteiger partial charge in [0.25, 0.3) is 0 Å². The van der Waals surface area contributed by atoms with Crippen molar-refractivity contribution in [3.63, 3.8) is 0 Å². The van der Waals surface area contributed by atoms with Crippen LogP contribution in [0.4, 0.5) is 0 Å². The zero-order valence-corrected chi connectivity index (χ0v) is 12.6. The molecule has 1 unspecified atom stereocenters. The van der Waals surface area contributed by atoms with E-state index in [1.807, 2.05) is 18.2 Å². The molecule has 1 aromatic carbocycles. The number of benzene rings is 1. The highest BCUT2D eigenvalue weighted by Gasteiger charge is 2.25. The fourth-order valence-electron chi connectivity index (χ4n) is 2.74. The van der Waals surface area contributed by atoms with Crippen molar-refractivity contribution >= 4 is 6.29 Å².